The Labute approximate surface area is 164 Å². The summed E-state index contributed by atoms with van der Waals surface area (Å²) in [6.45, 7) is 6.75. The van der Waals surface area contributed by atoms with Crippen LogP contribution in [0.1, 0.15) is 44.5 Å². The van der Waals surface area contributed by atoms with Crippen molar-refractivity contribution in [1.29, 1.82) is 0 Å². The highest BCUT2D eigenvalue weighted by molar-refractivity contribution is 7.92. The molecule has 154 valence electrons. The number of sulfone groups is 1. The van der Waals surface area contributed by atoms with Crippen LogP contribution in [0.4, 0.5) is 14.5 Å². The van der Waals surface area contributed by atoms with Crippen molar-refractivity contribution < 1.29 is 17.2 Å². The smallest absolute Gasteiger partial charge is 0.282 e. The van der Waals surface area contributed by atoms with Gasteiger partial charge in [-0.15, -0.1) is 0 Å². The van der Waals surface area contributed by atoms with E-state index in [0.717, 1.165) is 35.2 Å². The minimum atomic E-state index is -3.83. The third-order valence-electron chi connectivity index (χ3n) is 5.79. The van der Waals surface area contributed by atoms with Crippen LogP contribution in [-0.2, 0) is 16.9 Å². The van der Waals surface area contributed by atoms with Gasteiger partial charge >= 0.3 is 0 Å². The summed E-state index contributed by atoms with van der Waals surface area (Å²) in [5.74, 6) is -0.0861. The van der Waals surface area contributed by atoms with Crippen molar-refractivity contribution in [2.75, 3.05) is 18.0 Å². The maximum atomic E-state index is 13.3. The topological polar surface area (TPSA) is 68.1 Å². The summed E-state index contributed by atoms with van der Waals surface area (Å²) >= 11 is 0. The van der Waals surface area contributed by atoms with E-state index in [9.17, 15) is 17.2 Å². The van der Waals surface area contributed by atoms with Gasteiger partial charge in [0.15, 0.2) is 5.03 Å². The lowest BCUT2D eigenvalue weighted by atomic mass is 9.85. The van der Waals surface area contributed by atoms with Gasteiger partial charge in [-0.3, -0.25) is 9.67 Å². The van der Waals surface area contributed by atoms with Crippen LogP contribution in [-0.4, -0.2) is 41.0 Å². The minimum absolute atomic E-state index is 0.0861. The molecule has 0 aliphatic carbocycles. The SMILES string of the molecule is Cc1ccc(N2CCC(C(C)(C)S(=O)(=O)c3cc(C(F)F)nn3C)CC2)cn1. The van der Waals surface area contributed by atoms with Crippen molar-refractivity contribution in [3.05, 3.63) is 35.8 Å². The van der Waals surface area contributed by atoms with Gasteiger partial charge in [-0.1, -0.05) is 0 Å². The Bertz CT molecular complexity index is 931. The van der Waals surface area contributed by atoms with Gasteiger partial charge in [0.2, 0.25) is 9.84 Å². The minimum Gasteiger partial charge on any atom is -0.370 e. The lowest BCUT2D eigenvalue weighted by molar-refractivity contribution is 0.145. The fourth-order valence-electron chi connectivity index (χ4n) is 3.80. The van der Waals surface area contributed by atoms with Gasteiger partial charge in [0, 0.05) is 31.9 Å². The van der Waals surface area contributed by atoms with E-state index in [2.05, 4.69) is 15.0 Å². The highest BCUT2D eigenvalue weighted by Gasteiger charge is 2.45. The van der Waals surface area contributed by atoms with E-state index in [1.807, 2.05) is 25.3 Å². The molecule has 3 rings (SSSR count). The van der Waals surface area contributed by atoms with Crippen molar-refractivity contribution in [2.24, 2.45) is 13.0 Å². The normalized spacial score (nSPS) is 16.8. The van der Waals surface area contributed by atoms with E-state index in [0.29, 0.717) is 12.8 Å². The van der Waals surface area contributed by atoms with E-state index in [-0.39, 0.29) is 10.9 Å². The number of hydrogen-bond donors (Lipinski definition) is 0. The van der Waals surface area contributed by atoms with Gasteiger partial charge in [-0.05, 0) is 51.7 Å². The van der Waals surface area contributed by atoms with E-state index < -0.39 is 26.7 Å². The standard InChI is InChI=1S/C19H26F2N4O2S/c1-13-5-6-15(12-22-13)25-9-7-14(8-10-25)19(2,3)28(26,27)17-11-16(18(20)21)23-24(17)4/h5-6,11-12,14,18H,7-10H2,1-4H3. The predicted molar refractivity (Wildman–Crippen MR) is 103 cm³/mol. The molecule has 0 spiro atoms. The Morgan fingerprint density at radius 2 is 1.86 bits per heavy atom. The van der Waals surface area contributed by atoms with Crippen LogP contribution in [0, 0.1) is 12.8 Å². The van der Waals surface area contributed by atoms with Gasteiger partial charge in [0.05, 0.1) is 16.6 Å². The van der Waals surface area contributed by atoms with Crippen molar-refractivity contribution in [3.63, 3.8) is 0 Å². The summed E-state index contributed by atoms with van der Waals surface area (Å²) in [5.41, 5.74) is 1.46. The van der Waals surface area contributed by atoms with Crippen LogP contribution in [0.3, 0.4) is 0 Å². The first-order valence-electron chi connectivity index (χ1n) is 9.28. The van der Waals surface area contributed by atoms with Crippen LogP contribution in [0.15, 0.2) is 29.4 Å². The lowest BCUT2D eigenvalue weighted by Gasteiger charge is -2.40. The number of alkyl halides is 2. The second kappa shape index (κ2) is 7.42. The molecular weight excluding hydrogens is 386 g/mol. The van der Waals surface area contributed by atoms with E-state index in [1.165, 1.54) is 7.05 Å². The highest BCUT2D eigenvalue weighted by Crippen LogP contribution is 2.39. The molecule has 0 unspecified atom stereocenters. The largest absolute Gasteiger partial charge is 0.370 e. The van der Waals surface area contributed by atoms with Crippen molar-refractivity contribution in [2.45, 2.75) is 49.8 Å². The molecule has 0 N–H and O–H groups in total. The molecule has 0 amide bonds. The molecule has 1 aliphatic rings. The summed E-state index contributed by atoms with van der Waals surface area (Å²) in [4.78, 5) is 6.52. The Morgan fingerprint density at radius 1 is 1.21 bits per heavy atom. The van der Waals surface area contributed by atoms with Crippen molar-refractivity contribution in [3.8, 4) is 0 Å². The number of piperidine rings is 1. The molecule has 0 saturated carbocycles. The molecule has 0 bridgehead atoms. The van der Waals surface area contributed by atoms with Crippen LogP contribution < -0.4 is 4.90 Å². The third kappa shape index (κ3) is 3.64. The summed E-state index contributed by atoms with van der Waals surface area (Å²) < 4.78 is 52.4. The number of pyridine rings is 1. The molecule has 1 saturated heterocycles. The number of halogens is 2. The molecule has 3 heterocycles. The van der Waals surface area contributed by atoms with E-state index in [4.69, 9.17) is 0 Å². The number of aromatic nitrogens is 3. The first kappa shape index (κ1) is 20.7. The first-order chi connectivity index (χ1) is 13.0. The monoisotopic (exact) mass is 412 g/mol. The number of rotatable bonds is 5. The summed E-state index contributed by atoms with van der Waals surface area (Å²) in [6, 6.07) is 4.97. The molecule has 6 nitrogen and oxygen atoms in total. The summed E-state index contributed by atoms with van der Waals surface area (Å²) in [5, 5.41) is 3.51. The number of hydrogen-bond acceptors (Lipinski definition) is 5. The van der Waals surface area contributed by atoms with Crippen LogP contribution in [0.25, 0.3) is 0 Å². The Balaban J connectivity index is 1.78. The number of nitrogens with zero attached hydrogens (tertiary/aromatic N) is 4. The Kier molecular flexibility index (Phi) is 5.49. The molecule has 1 aliphatic heterocycles. The highest BCUT2D eigenvalue weighted by atomic mass is 32.2. The average molecular weight is 413 g/mol. The molecule has 28 heavy (non-hydrogen) atoms. The van der Waals surface area contributed by atoms with Crippen LogP contribution >= 0.6 is 0 Å². The zero-order valence-corrected chi connectivity index (χ0v) is 17.4. The van der Waals surface area contributed by atoms with Crippen molar-refractivity contribution in [1.82, 2.24) is 14.8 Å². The fraction of sp³-hybridized carbons (Fsp3) is 0.579. The zero-order valence-electron chi connectivity index (χ0n) is 16.6. The van der Waals surface area contributed by atoms with Crippen LogP contribution in [0.5, 0.6) is 0 Å². The second-order valence-corrected chi connectivity index (χ2v) is 10.3. The second-order valence-electron chi connectivity index (χ2n) is 7.86. The molecule has 1 fully saturated rings. The van der Waals surface area contributed by atoms with Gasteiger partial charge in [0.1, 0.15) is 5.69 Å². The molecule has 2 aromatic heterocycles. The molecule has 0 aromatic carbocycles. The fourth-order valence-corrected chi connectivity index (χ4v) is 5.68. The maximum absolute atomic E-state index is 13.3. The first-order valence-corrected chi connectivity index (χ1v) is 10.8. The van der Waals surface area contributed by atoms with Gasteiger partial charge in [-0.2, -0.15) is 5.10 Å². The Hall–Kier alpha value is -2.03. The molecule has 2 aromatic rings. The van der Waals surface area contributed by atoms with Gasteiger partial charge in [0.25, 0.3) is 6.43 Å². The summed E-state index contributed by atoms with van der Waals surface area (Å²) in [6.07, 6.45) is 0.419. The number of aryl methyl sites for hydroxylation is 2. The van der Waals surface area contributed by atoms with Gasteiger partial charge < -0.3 is 4.90 Å². The Morgan fingerprint density at radius 3 is 2.36 bits per heavy atom. The van der Waals surface area contributed by atoms with E-state index >= 15 is 0 Å². The molecular formula is C19H26F2N4O2S. The average Bonchev–Trinajstić information content (AvgIpc) is 3.05. The third-order valence-corrected chi connectivity index (χ3v) is 8.44. The molecule has 0 atom stereocenters. The lowest BCUT2D eigenvalue weighted by Crippen LogP contribution is -2.46. The maximum Gasteiger partial charge on any atom is 0.282 e. The zero-order chi connectivity index (χ0) is 20.7. The van der Waals surface area contributed by atoms with Crippen LogP contribution in [0.2, 0.25) is 0 Å². The molecule has 0 radical (unpaired) electrons. The summed E-state index contributed by atoms with van der Waals surface area (Å²) in [7, 11) is -2.44. The molecule has 9 heteroatoms. The van der Waals surface area contributed by atoms with E-state index in [1.54, 1.807) is 13.8 Å². The number of anilines is 1. The van der Waals surface area contributed by atoms with Gasteiger partial charge in [-0.25, -0.2) is 17.2 Å². The quantitative estimate of drug-likeness (QED) is 0.752. The van der Waals surface area contributed by atoms with Crippen molar-refractivity contribution >= 4 is 15.5 Å². The predicted octanol–water partition coefficient (Wildman–Crippen LogP) is 3.53.